The number of azide groups is 1. The highest BCUT2D eigenvalue weighted by Gasteiger charge is 2.10. The van der Waals surface area contributed by atoms with Crippen LogP contribution in [0.25, 0.3) is 16.5 Å². The molecule has 0 atom stereocenters. The molecule has 0 fully saturated rings. The van der Waals surface area contributed by atoms with Gasteiger partial charge >= 0.3 is 5.97 Å². The zero-order valence-electron chi connectivity index (χ0n) is 8.82. The van der Waals surface area contributed by atoms with Gasteiger partial charge in [-0.15, -0.1) is 0 Å². The number of aromatic nitrogens is 2. The molecule has 0 saturated heterocycles. The minimum absolute atomic E-state index is 0.122. The highest BCUT2D eigenvalue weighted by Crippen LogP contribution is 2.07. The number of hydrogen-bond acceptors (Lipinski definition) is 5. The molecule has 0 amide bonds. The van der Waals surface area contributed by atoms with Crippen molar-refractivity contribution >= 4 is 17.9 Å². The summed E-state index contributed by atoms with van der Waals surface area (Å²) in [7, 11) is 0. The third-order valence-corrected chi connectivity index (χ3v) is 1.77. The summed E-state index contributed by atoms with van der Waals surface area (Å²) < 4.78 is 0. The summed E-state index contributed by atoms with van der Waals surface area (Å²) in [5.41, 5.74) is 13.5. The van der Waals surface area contributed by atoms with Gasteiger partial charge in [-0.3, -0.25) is 0 Å². The number of carbonyl (C=O) groups is 1. The van der Waals surface area contributed by atoms with Crippen molar-refractivity contribution in [2.75, 3.05) is 12.3 Å². The van der Waals surface area contributed by atoms with Crippen molar-refractivity contribution in [3.8, 4) is 0 Å². The second-order valence-electron chi connectivity index (χ2n) is 2.98. The first-order valence-corrected chi connectivity index (χ1v) is 4.68. The van der Waals surface area contributed by atoms with Crippen molar-refractivity contribution in [1.82, 2.24) is 9.97 Å². The first kappa shape index (κ1) is 12.5. The molecule has 0 aliphatic rings. The SMILES string of the molecule is [N-]=[N+]=NCCC=Cc1cnc(N)c(C(=O)O)n1. The zero-order valence-corrected chi connectivity index (χ0v) is 8.82. The van der Waals surface area contributed by atoms with Crippen LogP contribution in [0, 0.1) is 0 Å². The lowest BCUT2D eigenvalue weighted by Gasteiger charge is -1.99. The van der Waals surface area contributed by atoms with E-state index in [9.17, 15) is 4.79 Å². The van der Waals surface area contributed by atoms with E-state index in [1.165, 1.54) is 6.20 Å². The normalized spacial score (nSPS) is 10.1. The highest BCUT2D eigenvalue weighted by molar-refractivity contribution is 5.90. The van der Waals surface area contributed by atoms with Crippen LogP contribution in [-0.4, -0.2) is 27.6 Å². The third kappa shape index (κ3) is 3.80. The second kappa shape index (κ2) is 6.09. The molecule has 1 rings (SSSR count). The largest absolute Gasteiger partial charge is 0.476 e. The Kier molecular flexibility index (Phi) is 4.46. The van der Waals surface area contributed by atoms with Crippen molar-refractivity contribution in [3.63, 3.8) is 0 Å². The topological polar surface area (TPSA) is 138 Å². The van der Waals surface area contributed by atoms with E-state index in [2.05, 4.69) is 20.0 Å². The molecule has 1 heterocycles. The fourth-order valence-electron chi connectivity index (χ4n) is 1.03. The van der Waals surface area contributed by atoms with E-state index >= 15 is 0 Å². The van der Waals surface area contributed by atoms with Crippen LogP contribution in [0.2, 0.25) is 0 Å². The van der Waals surface area contributed by atoms with Crippen LogP contribution >= 0.6 is 0 Å². The first-order valence-electron chi connectivity index (χ1n) is 4.68. The molecule has 0 spiro atoms. The molecule has 0 radical (unpaired) electrons. The average molecular weight is 234 g/mol. The Bertz CT molecular complexity index is 492. The van der Waals surface area contributed by atoms with E-state index in [1.54, 1.807) is 12.2 Å². The molecule has 8 heteroatoms. The maximum atomic E-state index is 10.7. The van der Waals surface area contributed by atoms with Gasteiger partial charge in [0, 0.05) is 11.5 Å². The summed E-state index contributed by atoms with van der Waals surface area (Å²) in [5.74, 6) is -1.34. The number of anilines is 1. The molecule has 0 unspecified atom stereocenters. The number of aromatic carboxylic acids is 1. The number of hydrogen-bond donors (Lipinski definition) is 2. The summed E-state index contributed by atoms with van der Waals surface area (Å²) in [5, 5.41) is 12.1. The number of nitrogen functional groups attached to an aromatic ring is 1. The number of nitrogens with two attached hydrogens (primary N) is 1. The van der Waals surface area contributed by atoms with Crippen molar-refractivity contribution in [1.29, 1.82) is 0 Å². The summed E-state index contributed by atoms with van der Waals surface area (Å²) in [6.07, 6.45) is 5.21. The lowest BCUT2D eigenvalue weighted by molar-refractivity contribution is 0.0691. The van der Waals surface area contributed by atoms with Crippen molar-refractivity contribution < 1.29 is 9.90 Å². The number of rotatable bonds is 5. The van der Waals surface area contributed by atoms with Gasteiger partial charge in [0.1, 0.15) is 0 Å². The Morgan fingerprint density at radius 2 is 2.47 bits per heavy atom. The molecule has 17 heavy (non-hydrogen) atoms. The Morgan fingerprint density at radius 1 is 1.71 bits per heavy atom. The van der Waals surface area contributed by atoms with Gasteiger partial charge in [-0.05, 0) is 18.0 Å². The summed E-state index contributed by atoms with van der Waals surface area (Å²) in [6.45, 7) is 0.335. The molecule has 0 saturated carbocycles. The fourth-order valence-corrected chi connectivity index (χ4v) is 1.03. The summed E-state index contributed by atoms with van der Waals surface area (Å²) in [6, 6.07) is 0. The Balaban J connectivity index is 2.75. The first-order chi connectivity index (χ1) is 8.15. The molecule has 0 aliphatic heterocycles. The highest BCUT2D eigenvalue weighted by atomic mass is 16.4. The molecule has 3 N–H and O–H groups in total. The van der Waals surface area contributed by atoms with Crippen LogP contribution in [0.5, 0.6) is 0 Å². The Labute approximate surface area is 96.4 Å². The quantitative estimate of drug-likeness (QED) is 0.343. The maximum absolute atomic E-state index is 10.7. The molecule has 0 aliphatic carbocycles. The minimum atomic E-state index is -1.22. The predicted molar refractivity (Wildman–Crippen MR) is 61.1 cm³/mol. The van der Waals surface area contributed by atoms with Crippen LogP contribution in [0.1, 0.15) is 22.6 Å². The minimum Gasteiger partial charge on any atom is -0.476 e. The predicted octanol–water partition coefficient (Wildman–Crippen LogP) is 1.47. The summed E-state index contributed by atoms with van der Waals surface area (Å²) in [4.78, 5) is 20.9. The van der Waals surface area contributed by atoms with Crippen LogP contribution in [-0.2, 0) is 0 Å². The summed E-state index contributed by atoms with van der Waals surface area (Å²) >= 11 is 0. The Hall–Kier alpha value is -2.60. The van der Waals surface area contributed by atoms with Gasteiger partial charge in [-0.25, -0.2) is 14.8 Å². The standard InChI is InChI=1S/C9H10N6O2/c10-8-7(9(16)17)14-6(5-12-8)3-1-2-4-13-15-11/h1,3,5H,2,4H2,(H2,10,12)(H,16,17). The zero-order chi connectivity index (χ0) is 12.7. The van der Waals surface area contributed by atoms with Crippen LogP contribution < -0.4 is 5.73 Å². The molecular weight excluding hydrogens is 224 g/mol. The van der Waals surface area contributed by atoms with Crippen LogP contribution in [0.3, 0.4) is 0 Å². The second-order valence-corrected chi connectivity index (χ2v) is 2.98. The van der Waals surface area contributed by atoms with Crippen molar-refractivity contribution in [2.24, 2.45) is 5.11 Å². The van der Waals surface area contributed by atoms with Crippen molar-refractivity contribution in [2.45, 2.75) is 6.42 Å². The lowest BCUT2D eigenvalue weighted by atomic mass is 10.3. The van der Waals surface area contributed by atoms with Gasteiger partial charge in [0.05, 0.1) is 11.9 Å². The van der Waals surface area contributed by atoms with E-state index in [1.807, 2.05) is 0 Å². The van der Waals surface area contributed by atoms with E-state index < -0.39 is 5.97 Å². The number of carboxylic acids is 1. The van der Waals surface area contributed by atoms with E-state index in [0.29, 0.717) is 18.7 Å². The van der Waals surface area contributed by atoms with Crippen LogP contribution in [0.4, 0.5) is 5.82 Å². The third-order valence-electron chi connectivity index (χ3n) is 1.77. The monoisotopic (exact) mass is 234 g/mol. The average Bonchev–Trinajstić information content (AvgIpc) is 2.30. The van der Waals surface area contributed by atoms with E-state index in [0.717, 1.165) is 0 Å². The smallest absolute Gasteiger partial charge is 0.358 e. The van der Waals surface area contributed by atoms with Gasteiger partial charge in [0.25, 0.3) is 0 Å². The van der Waals surface area contributed by atoms with Crippen LogP contribution in [0.15, 0.2) is 17.4 Å². The molecule has 0 aromatic carbocycles. The van der Waals surface area contributed by atoms with Gasteiger partial charge < -0.3 is 10.8 Å². The molecule has 1 aromatic heterocycles. The maximum Gasteiger partial charge on any atom is 0.358 e. The van der Waals surface area contributed by atoms with Gasteiger partial charge in [-0.1, -0.05) is 11.2 Å². The molecule has 8 nitrogen and oxygen atoms in total. The van der Waals surface area contributed by atoms with E-state index in [-0.39, 0.29) is 11.5 Å². The lowest BCUT2D eigenvalue weighted by Crippen LogP contribution is -2.08. The fraction of sp³-hybridized carbons (Fsp3) is 0.222. The molecule has 1 aromatic rings. The molecular formula is C9H10N6O2. The molecule has 88 valence electrons. The van der Waals surface area contributed by atoms with Crippen molar-refractivity contribution in [3.05, 3.63) is 34.1 Å². The van der Waals surface area contributed by atoms with Gasteiger partial charge in [0.2, 0.25) is 0 Å². The Morgan fingerprint density at radius 3 is 3.12 bits per heavy atom. The van der Waals surface area contributed by atoms with E-state index in [4.69, 9.17) is 16.4 Å². The number of carboxylic acid groups (broad SMARTS) is 1. The van der Waals surface area contributed by atoms with Gasteiger partial charge in [-0.2, -0.15) is 0 Å². The number of nitrogens with zero attached hydrogens (tertiary/aromatic N) is 5. The van der Waals surface area contributed by atoms with Gasteiger partial charge in [0.15, 0.2) is 11.5 Å². The molecule has 0 bridgehead atoms.